The van der Waals surface area contributed by atoms with Crippen LogP contribution in [0.4, 0.5) is 4.39 Å². The molecule has 2 aliphatic heterocycles. The number of carboxylic acid groups (broad SMARTS) is 1. The molecule has 7 rings (SSSR count). The van der Waals surface area contributed by atoms with Crippen LogP contribution in [0.2, 0.25) is 5.02 Å². The zero-order valence-corrected chi connectivity index (χ0v) is 25.2. The second kappa shape index (κ2) is 11.6. The number of para-hydroxylation sites is 1. The number of hydrogen-bond donors (Lipinski definition) is 1. The standard InChI is InChI=1S/C33H34ClFN4O5/c1-42-27-15-21(34)5-6-23(27)28-17-43-26-4-2-3-22(30(26)44-28)20-9-13-38(14-10-20)16-29-36-24-7-8-25(32(40)41)37-31(24)39(29)19-33(18-35)11-12-33/h2-8,15,20,28H,9-14,16-19H2,1H3,(H,40,41)/t28-/m1/s1. The molecule has 1 saturated carbocycles. The lowest BCUT2D eigenvalue weighted by molar-refractivity contribution is 0.0690. The first kappa shape index (κ1) is 28.9. The van der Waals surface area contributed by atoms with Crippen molar-refractivity contribution in [3.05, 3.63) is 76.2 Å². The molecule has 44 heavy (non-hydrogen) atoms. The number of hydrogen-bond acceptors (Lipinski definition) is 7. The first-order valence-electron chi connectivity index (χ1n) is 15.0. The number of rotatable bonds is 9. The molecular weight excluding hydrogens is 587 g/mol. The van der Waals surface area contributed by atoms with Gasteiger partial charge in [-0.25, -0.2) is 14.8 Å². The van der Waals surface area contributed by atoms with Crippen LogP contribution in [0.1, 0.15) is 65.1 Å². The van der Waals surface area contributed by atoms with Gasteiger partial charge in [-0.05, 0) is 81.1 Å². The monoisotopic (exact) mass is 620 g/mol. The third-order valence-corrected chi connectivity index (χ3v) is 9.45. The predicted molar refractivity (Wildman–Crippen MR) is 163 cm³/mol. The van der Waals surface area contributed by atoms with Crippen LogP contribution in [0.25, 0.3) is 11.2 Å². The van der Waals surface area contributed by atoms with Crippen LogP contribution in [0.15, 0.2) is 48.5 Å². The second-order valence-corrected chi connectivity index (χ2v) is 12.6. The van der Waals surface area contributed by atoms with Crippen molar-refractivity contribution in [2.45, 2.75) is 50.8 Å². The molecule has 9 nitrogen and oxygen atoms in total. The van der Waals surface area contributed by atoms with E-state index in [0.717, 1.165) is 67.2 Å². The molecule has 0 radical (unpaired) electrons. The van der Waals surface area contributed by atoms with E-state index in [1.807, 2.05) is 28.8 Å². The van der Waals surface area contributed by atoms with Gasteiger partial charge in [0.05, 0.1) is 20.3 Å². The van der Waals surface area contributed by atoms with Gasteiger partial charge in [0.1, 0.15) is 23.7 Å². The SMILES string of the molecule is COc1cc(Cl)ccc1[C@H]1COc2cccc(C3CCN(Cc4nc5ccc(C(=O)O)nc5n4CC4(CF)CC4)CC3)c2O1. The number of nitrogens with zero attached hydrogens (tertiary/aromatic N) is 4. The Hall–Kier alpha value is -3.89. The number of likely N-dealkylation sites (tertiary alicyclic amines) is 1. The summed E-state index contributed by atoms with van der Waals surface area (Å²) in [6.07, 6.45) is 3.14. The number of carbonyl (C=O) groups is 1. The highest BCUT2D eigenvalue weighted by molar-refractivity contribution is 6.30. The minimum Gasteiger partial charge on any atom is -0.496 e. The van der Waals surface area contributed by atoms with Crippen molar-refractivity contribution in [1.82, 2.24) is 19.4 Å². The molecule has 11 heteroatoms. The van der Waals surface area contributed by atoms with Gasteiger partial charge in [0.25, 0.3) is 0 Å². The molecule has 4 heterocycles. The molecule has 1 N–H and O–H groups in total. The number of carboxylic acids is 1. The smallest absolute Gasteiger partial charge is 0.354 e. The zero-order valence-electron chi connectivity index (χ0n) is 24.5. The summed E-state index contributed by atoms with van der Waals surface area (Å²) in [6, 6.07) is 14.8. The molecule has 3 aliphatic rings. The van der Waals surface area contributed by atoms with Crippen LogP contribution in [0.3, 0.4) is 0 Å². The van der Waals surface area contributed by atoms with Crippen LogP contribution in [0, 0.1) is 5.41 Å². The summed E-state index contributed by atoms with van der Waals surface area (Å²) in [5.41, 5.74) is 2.73. The molecule has 2 aromatic carbocycles. The van der Waals surface area contributed by atoms with Crippen molar-refractivity contribution in [3.63, 3.8) is 0 Å². The number of piperidine rings is 1. The van der Waals surface area contributed by atoms with Crippen LogP contribution >= 0.6 is 11.6 Å². The lowest BCUT2D eigenvalue weighted by atomic mass is 9.88. The number of imidazole rings is 1. The van der Waals surface area contributed by atoms with Crippen molar-refractivity contribution < 1.29 is 28.5 Å². The van der Waals surface area contributed by atoms with Crippen molar-refractivity contribution in [2.24, 2.45) is 5.41 Å². The van der Waals surface area contributed by atoms with E-state index >= 15 is 0 Å². The molecule has 230 valence electrons. The fourth-order valence-corrected chi connectivity index (χ4v) is 6.60. The van der Waals surface area contributed by atoms with Gasteiger partial charge in [-0.3, -0.25) is 9.29 Å². The number of methoxy groups -OCH3 is 1. The number of aromatic carboxylic acids is 1. The summed E-state index contributed by atoms with van der Waals surface area (Å²) >= 11 is 6.19. The average Bonchev–Trinajstić information content (AvgIpc) is 3.75. The number of aromatic nitrogens is 3. The Bertz CT molecular complexity index is 1720. The average molecular weight is 621 g/mol. The lowest BCUT2D eigenvalue weighted by Gasteiger charge is -2.35. The maximum absolute atomic E-state index is 13.9. The van der Waals surface area contributed by atoms with Gasteiger partial charge in [0.2, 0.25) is 0 Å². The molecule has 1 saturated heterocycles. The Balaban J connectivity index is 1.09. The summed E-state index contributed by atoms with van der Waals surface area (Å²) in [4.78, 5) is 23.2. The number of fused-ring (bicyclic) bond motifs is 2. The molecule has 0 amide bonds. The van der Waals surface area contributed by atoms with Crippen molar-refractivity contribution in [3.8, 4) is 17.2 Å². The first-order chi connectivity index (χ1) is 21.4. The second-order valence-electron chi connectivity index (χ2n) is 12.1. The third kappa shape index (κ3) is 5.45. The van der Waals surface area contributed by atoms with Crippen LogP contribution in [-0.4, -0.2) is 64.0 Å². The Morgan fingerprint density at radius 2 is 1.95 bits per heavy atom. The maximum atomic E-state index is 13.9. The summed E-state index contributed by atoms with van der Waals surface area (Å²) in [5, 5.41) is 10.1. The van der Waals surface area contributed by atoms with E-state index in [0.29, 0.717) is 41.6 Å². The largest absolute Gasteiger partial charge is 0.496 e. The summed E-state index contributed by atoms with van der Waals surface area (Å²) < 4.78 is 34.2. The van der Waals surface area contributed by atoms with Crippen molar-refractivity contribution >= 4 is 28.7 Å². The van der Waals surface area contributed by atoms with Crippen molar-refractivity contribution in [1.29, 1.82) is 0 Å². The van der Waals surface area contributed by atoms with E-state index in [1.54, 1.807) is 19.2 Å². The van der Waals surface area contributed by atoms with Crippen LogP contribution in [-0.2, 0) is 13.1 Å². The van der Waals surface area contributed by atoms with E-state index in [-0.39, 0.29) is 17.7 Å². The van der Waals surface area contributed by atoms with Crippen LogP contribution in [0.5, 0.6) is 17.2 Å². The predicted octanol–water partition coefficient (Wildman–Crippen LogP) is 6.43. The molecule has 4 aromatic rings. The fraction of sp³-hybridized carbons (Fsp3) is 0.424. The van der Waals surface area contributed by atoms with Gasteiger partial charge < -0.3 is 23.9 Å². The van der Waals surface area contributed by atoms with Gasteiger partial charge in [-0.1, -0.05) is 23.7 Å². The van der Waals surface area contributed by atoms with E-state index in [2.05, 4.69) is 16.0 Å². The van der Waals surface area contributed by atoms with Crippen LogP contribution < -0.4 is 14.2 Å². The summed E-state index contributed by atoms with van der Waals surface area (Å²) in [5.74, 6) is 2.18. The Morgan fingerprint density at radius 3 is 2.68 bits per heavy atom. The van der Waals surface area contributed by atoms with Gasteiger partial charge >= 0.3 is 5.97 Å². The Kier molecular flexibility index (Phi) is 7.58. The highest BCUT2D eigenvalue weighted by Gasteiger charge is 2.44. The molecule has 2 aromatic heterocycles. The lowest BCUT2D eigenvalue weighted by Crippen LogP contribution is -2.34. The molecule has 2 fully saturated rings. The maximum Gasteiger partial charge on any atom is 0.354 e. The van der Waals surface area contributed by atoms with E-state index < -0.39 is 18.1 Å². The number of halogens is 2. The number of pyridine rings is 1. The zero-order chi connectivity index (χ0) is 30.4. The van der Waals surface area contributed by atoms with E-state index in [4.69, 9.17) is 30.8 Å². The Labute approximate surface area is 259 Å². The first-order valence-corrected chi connectivity index (χ1v) is 15.4. The minimum atomic E-state index is -1.09. The van der Waals surface area contributed by atoms with Gasteiger partial charge in [0, 0.05) is 28.1 Å². The fourth-order valence-electron chi connectivity index (χ4n) is 6.44. The molecule has 0 spiro atoms. The molecular formula is C33H34ClFN4O5. The van der Waals surface area contributed by atoms with E-state index in [9.17, 15) is 14.3 Å². The topological polar surface area (TPSA) is 98.9 Å². The quantitative estimate of drug-likeness (QED) is 0.228. The number of benzene rings is 2. The Morgan fingerprint density at radius 1 is 1.14 bits per heavy atom. The molecule has 1 aliphatic carbocycles. The third-order valence-electron chi connectivity index (χ3n) is 9.22. The van der Waals surface area contributed by atoms with E-state index in [1.165, 1.54) is 6.07 Å². The summed E-state index contributed by atoms with van der Waals surface area (Å²) in [7, 11) is 1.62. The van der Waals surface area contributed by atoms with Gasteiger partial charge in [-0.15, -0.1) is 0 Å². The molecule has 0 bridgehead atoms. The molecule has 0 unspecified atom stereocenters. The van der Waals surface area contributed by atoms with Gasteiger partial charge in [-0.2, -0.15) is 0 Å². The van der Waals surface area contributed by atoms with Crippen molar-refractivity contribution in [2.75, 3.05) is 33.5 Å². The number of alkyl halides is 1. The van der Waals surface area contributed by atoms with Gasteiger partial charge in [0.15, 0.2) is 28.9 Å². The summed E-state index contributed by atoms with van der Waals surface area (Å²) in [6.45, 7) is 2.69. The normalized spacial score (nSPS) is 19.7. The number of ether oxygens (including phenoxy) is 3. The minimum absolute atomic E-state index is 0.0368. The molecule has 1 atom stereocenters. The highest BCUT2D eigenvalue weighted by Crippen LogP contribution is 2.48. The highest BCUT2D eigenvalue weighted by atomic mass is 35.5.